The zero-order valence-electron chi connectivity index (χ0n) is 14.5. The van der Waals surface area contributed by atoms with E-state index >= 15 is 0 Å². The van der Waals surface area contributed by atoms with Gasteiger partial charge in [-0.05, 0) is 47.7 Å². The van der Waals surface area contributed by atoms with Crippen LogP contribution in [-0.2, 0) is 22.4 Å². The summed E-state index contributed by atoms with van der Waals surface area (Å²) in [4.78, 5) is 25.6. The molecule has 0 spiro atoms. The molecule has 0 saturated carbocycles. The molecule has 6 heteroatoms. The number of nitrogens with zero attached hydrogens (tertiary/aromatic N) is 1. The van der Waals surface area contributed by atoms with E-state index in [0.717, 1.165) is 40.5 Å². The Morgan fingerprint density at radius 3 is 2.78 bits per heavy atom. The summed E-state index contributed by atoms with van der Waals surface area (Å²) in [6.07, 6.45) is 2.87. The third-order valence-corrected chi connectivity index (χ3v) is 5.81. The predicted molar refractivity (Wildman–Crippen MR) is 104 cm³/mol. The van der Waals surface area contributed by atoms with Gasteiger partial charge in [-0.2, -0.15) is 5.26 Å². The molecule has 0 saturated heterocycles. The van der Waals surface area contributed by atoms with Crippen LogP contribution in [-0.4, -0.2) is 18.5 Å². The normalized spacial score (nSPS) is 12.4. The predicted octanol–water partition coefficient (Wildman–Crippen LogP) is 4.06. The van der Waals surface area contributed by atoms with Crippen LogP contribution in [0.25, 0.3) is 10.8 Å². The molecule has 1 aliphatic carbocycles. The molecule has 1 aliphatic rings. The number of carbonyl (C=O) groups is 2. The zero-order valence-corrected chi connectivity index (χ0v) is 15.3. The molecule has 1 heterocycles. The van der Waals surface area contributed by atoms with Gasteiger partial charge in [-0.25, -0.2) is 4.79 Å². The number of amides is 1. The van der Waals surface area contributed by atoms with E-state index in [0.29, 0.717) is 16.1 Å². The Labute approximate surface area is 160 Å². The van der Waals surface area contributed by atoms with Gasteiger partial charge in [0, 0.05) is 4.88 Å². The molecule has 0 unspecified atom stereocenters. The topological polar surface area (TPSA) is 79.2 Å². The average molecular weight is 376 g/mol. The summed E-state index contributed by atoms with van der Waals surface area (Å²) in [5, 5.41) is 14.6. The molecule has 1 aromatic heterocycles. The van der Waals surface area contributed by atoms with Crippen molar-refractivity contribution in [1.82, 2.24) is 0 Å². The summed E-state index contributed by atoms with van der Waals surface area (Å²) >= 11 is 1.44. The first-order valence-corrected chi connectivity index (χ1v) is 9.48. The fourth-order valence-electron chi connectivity index (χ4n) is 3.30. The highest BCUT2D eigenvalue weighted by atomic mass is 32.1. The summed E-state index contributed by atoms with van der Waals surface area (Å²) in [5.41, 5.74) is 1.99. The van der Waals surface area contributed by atoms with E-state index in [4.69, 9.17) is 4.74 Å². The number of nitrogens with one attached hydrogen (secondary N) is 1. The minimum atomic E-state index is -0.551. The lowest BCUT2D eigenvalue weighted by molar-refractivity contribution is -0.119. The highest BCUT2D eigenvalue weighted by molar-refractivity contribution is 7.16. The Hall–Kier alpha value is -3.17. The third-order valence-electron chi connectivity index (χ3n) is 4.61. The smallest absolute Gasteiger partial charge is 0.338 e. The lowest BCUT2D eigenvalue weighted by atomic mass is 10.1. The van der Waals surface area contributed by atoms with Crippen molar-refractivity contribution in [2.45, 2.75) is 19.3 Å². The van der Waals surface area contributed by atoms with E-state index in [2.05, 4.69) is 11.4 Å². The van der Waals surface area contributed by atoms with Gasteiger partial charge in [0.15, 0.2) is 6.61 Å². The Morgan fingerprint density at radius 2 is 1.96 bits per heavy atom. The summed E-state index contributed by atoms with van der Waals surface area (Å²) < 4.78 is 5.13. The largest absolute Gasteiger partial charge is 0.452 e. The Kier molecular flexibility index (Phi) is 4.61. The molecular formula is C21H16N2O3S. The molecule has 2 aromatic carbocycles. The molecule has 134 valence electrons. The van der Waals surface area contributed by atoms with E-state index in [9.17, 15) is 14.9 Å². The minimum absolute atomic E-state index is 0.390. The number of rotatable bonds is 4. The first-order valence-electron chi connectivity index (χ1n) is 8.66. The monoisotopic (exact) mass is 376 g/mol. The minimum Gasteiger partial charge on any atom is -0.452 e. The number of nitriles is 1. The van der Waals surface area contributed by atoms with Crippen molar-refractivity contribution in [1.29, 1.82) is 5.26 Å². The van der Waals surface area contributed by atoms with Crippen LogP contribution in [0.3, 0.4) is 0 Å². The molecule has 0 bridgehead atoms. The van der Waals surface area contributed by atoms with E-state index < -0.39 is 11.9 Å². The first-order chi connectivity index (χ1) is 13.2. The molecule has 4 rings (SSSR count). The van der Waals surface area contributed by atoms with Crippen LogP contribution >= 0.6 is 11.3 Å². The Morgan fingerprint density at radius 1 is 1.15 bits per heavy atom. The fourth-order valence-corrected chi connectivity index (χ4v) is 4.56. The molecule has 1 N–H and O–H groups in total. The number of anilines is 1. The van der Waals surface area contributed by atoms with Gasteiger partial charge in [0.1, 0.15) is 11.1 Å². The van der Waals surface area contributed by atoms with Gasteiger partial charge in [-0.1, -0.05) is 30.3 Å². The summed E-state index contributed by atoms with van der Waals surface area (Å²) in [7, 11) is 0. The van der Waals surface area contributed by atoms with Gasteiger partial charge in [-0.15, -0.1) is 11.3 Å². The van der Waals surface area contributed by atoms with Crippen molar-refractivity contribution < 1.29 is 14.3 Å². The van der Waals surface area contributed by atoms with Crippen LogP contribution in [0.2, 0.25) is 0 Å². The maximum Gasteiger partial charge on any atom is 0.338 e. The maximum absolute atomic E-state index is 12.2. The lowest BCUT2D eigenvalue weighted by Crippen LogP contribution is -2.20. The van der Waals surface area contributed by atoms with Crippen LogP contribution < -0.4 is 5.32 Å². The van der Waals surface area contributed by atoms with Crippen molar-refractivity contribution in [3.8, 4) is 6.07 Å². The van der Waals surface area contributed by atoms with Crippen molar-refractivity contribution in [3.05, 3.63) is 64.0 Å². The number of carbonyl (C=O) groups excluding carboxylic acids is 2. The van der Waals surface area contributed by atoms with Crippen LogP contribution in [0.5, 0.6) is 0 Å². The van der Waals surface area contributed by atoms with Gasteiger partial charge in [-0.3, -0.25) is 4.79 Å². The van der Waals surface area contributed by atoms with Gasteiger partial charge >= 0.3 is 5.97 Å². The van der Waals surface area contributed by atoms with Crippen molar-refractivity contribution in [2.24, 2.45) is 0 Å². The first kappa shape index (κ1) is 17.3. The van der Waals surface area contributed by atoms with Gasteiger partial charge in [0.25, 0.3) is 5.91 Å². The molecule has 1 amide bonds. The average Bonchev–Trinajstić information content (AvgIpc) is 3.26. The quantitative estimate of drug-likeness (QED) is 0.697. The Bertz CT molecular complexity index is 1090. The number of aryl methyl sites for hydroxylation is 1. The second-order valence-electron chi connectivity index (χ2n) is 6.36. The molecule has 0 aliphatic heterocycles. The van der Waals surface area contributed by atoms with Gasteiger partial charge in [0.2, 0.25) is 0 Å². The number of fused-ring (bicyclic) bond motifs is 2. The van der Waals surface area contributed by atoms with Gasteiger partial charge in [0.05, 0.1) is 11.1 Å². The van der Waals surface area contributed by atoms with Crippen LogP contribution in [0.1, 0.15) is 32.8 Å². The molecule has 5 nitrogen and oxygen atoms in total. The summed E-state index contributed by atoms with van der Waals surface area (Å²) in [6, 6.07) is 15.2. The maximum atomic E-state index is 12.2. The van der Waals surface area contributed by atoms with Crippen molar-refractivity contribution in [3.63, 3.8) is 0 Å². The van der Waals surface area contributed by atoms with Crippen molar-refractivity contribution in [2.75, 3.05) is 11.9 Å². The molecule has 27 heavy (non-hydrogen) atoms. The standard InChI is InChI=1S/C21H16N2O3S/c22-11-17-16-6-3-7-18(16)27-20(17)23-19(24)12-26-21(25)15-9-8-13-4-1-2-5-14(13)10-15/h1-2,4-5,8-10H,3,6-7,12H2,(H,23,24). The number of thiophene rings is 1. The van der Waals surface area contributed by atoms with E-state index in [-0.39, 0.29) is 6.61 Å². The van der Waals surface area contributed by atoms with Gasteiger partial charge < -0.3 is 10.1 Å². The number of hydrogen-bond acceptors (Lipinski definition) is 5. The third kappa shape index (κ3) is 3.42. The Balaban J connectivity index is 1.40. The van der Waals surface area contributed by atoms with Crippen LogP contribution in [0.15, 0.2) is 42.5 Å². The number of benzene rings is 2. The van der Waals surface area contributed by atoms with Crippen molar-refractivity contribution >= 4 is 39.0 Å². The highest BCUT2D eigenvalue weighted by Crippen LogP contribution is 2.38. The van der Waals surface area contributed by atoms with Crippen LogP contribution in [0, 0.1) is 11.3 Å². The number of hydrogen-bond donors (Lipinski definition) is 1. The van der Waals surface area contributed by atoms with Crippen LogP contribution in [0.4, 0.5) is 5.00 Å². The fraction of sp³-hybridized carbons (Fsp3) is 0.190. The highest BCUT2D eigenvalue weighted by Gasteiger charge is 2.23. The summed E-state index contributed by atoms with van der Waals surface area (Å²) in [5.74, 6) is -0.995. The zero-order chi connectivity index (χ0) is 18.8. The molecular weight excluding hydrogens is 360 g/mol. The molecule has 0 atom stereocenters. The summed E-state index contributed by atoms with van der Waals surface area (Å²) in [6.45, 7) is -0.390. The lowest BCUT2D eigenvalue weighted by Gasteiger charge is -2.07. The van der Waals surface area contributed by atoms with E-state index in [1.165, 1.54) is 11.3 Å². The molecule has 0 fully saturated rings. The number of esters is 1. The molecule has 0 radical (unpaired) electrons. The molecule has 3 aromatic rings. The second-order valence-corrected chi connectivity index (χ2v) is 7.46. The van der Waals surface area contributed by atoms with E-state index in [1.807, 2.05) is 30.3 Å². The van der Waals surface area contributed by atoms with E-state index in [1.54, 1.807) is 12.1 Å². The second kappa shape index (κ2) is 7.22. The SMILES string of the molecule is N#Cc1c(NC(=O)COC(=O)c2ccc3ccccc3c2)sc2c1CCC2. The number of ether oxygens (including phenoxy) is 1.